The summed E-state index contributed by atoms with van der Waals surface area (Å²) in [5.41, 5.74) is 0.255. The van der Waals surface area contributed by atoms with Gasteiger partial charge in [-0.25, -0.2) is 0 Å². The van der Waals surface area contributed by atoms with Crippen LogP contribution in [0.1, 0.15) is 52.0 Å². The van der Waals surface area contributed by atoms with E-state index in [0.29, 0.717) is 12.0 Å². The van der Waals surface area contributed by atoms with Crippen molar-refractivity contribution >= 4 is 0 Å². The molecular weight excluding hydrogens is 246 g/mol. The van der Waals surface area contributed by atoms with E-state index in [1.807, 2.05) is 37.3 Å². The van der Waals surface area contributed by atoms with E-state index in [4.69, 9.17) is 0 Å². The van der Waals surface area contributed by atoms with Crippen LogP contribution in [0.4, 0.5) is 0 Å². The van der Waals surface area contributed by atoms with Crippen molar-refractivity contribution in [3.05, 3.63) is 35.9 Å². The largest absolute Gasteiger partial charge is 0.384 e. The Kier molecular flexibility index (Phi) is 5.22. The van der Waals surface area contributed by atoms with Crippen molar-refractivity contribution < 1.29 is 5.11 Å². The van der Waals surface area contributed by atoms with Gasteiger partial charge in [-0.3, -0.25) is 4.90 Å². The molecular formula is C18H29NO. The van der Waals surface area contributed by atoms with Gasteiger partial charge in [0.05, 0.1) is 5.60 Å². The summed E-state index contributed by atoms with van der Waals surface area (Å²) in [6.45, 7) is 8.29. The molecule has 112 valence electrons. The van der Waals surface area contributed by atoms with Crippen molar-refractivity contribution in [2.75, 3.05) is 13.1 Å². The maximum absolute atomic E-state index is 10.9. The number of hydrogen-bond acceptors (Lipinski definition) is 2. The summed E-state index contributed by atoms with van der Waals surface area (Å²) in [4.78, 5) is 2.52. The smallest absolute Gasteiger partial charge is 0.0994 e. The van der Waals surface area contributed by atoms with Crippen LogP contribution in [0.5, 0.6) is 0 Å². The zero-order chi connectivity index (χ0) is 14.6. The van der Waals surface area contributed by atoms with Gasteiger partial charge in [-0.15, -0.1) is 0 Å². The average molecular weight is 275 g/mol. The van der Waals surface area contributed by atoms with Crippen LogP contribution in [0.2, 0.25) is 0 Å². The second-order valence-corrected chi connectivity index (χ2v) is 6.90. The highest BCUT2D eigenvalue weighted by atomic mass is 16.3. The first-order valence-electron chi connectivity index (χ1n) is 8.01. The molecule has 20 heavy (non-hydrogen) atoms. The maximum Gasteiger partial charge on any atom is 0.0994 e. The van der Waals surface area contributed by atoms with Crippen molar-refractivity contribution in [2.24, 2.45) is 5.92 Å². The minimum atomic E-state index is -0.765. The fourth-order valence-electron chi connectivity index (χ4n) is 3.37. The molecule has 1 saturated carbocycles. The third kappa shape index (κ3) is 4.07. The lowest BCUT2D eigenvalue weighted by Gasteiger charge is -2.36. The lowest BCUT2D eigenvalue weighted by molar-refractivity contribution is -0.00130. The molecule has 1 unspecified atom stereocenters. The summed E-state index contributed by atoms with van der Waals surface area (Å²) in [6, 6.07) is 10.7. The van der Waals surface area contributed by atoms with Gasteiger partial charge in [0.25, 0.3) is 0 Å². The Balaban J connectivity index is 2.09. The van der Waals surface area contributed by atoms with Gasteiger partial charge >= 0.3 is 0 Å². The van der Waals surface area contributed by atoms with Gasteiger partial charge in [0, 0.05) is 19.1 Å². The molecule has 0 aromatic heterocycles. The Morgan fingerprint density at radius 3 is 2.35 bits per heavy atom. The Morgan fingerprint density at radius 2 is 1.80 bits per heavy atom. The van der Waals surface area contributed by atoms with Crippen LogP contribution in [-0.4, -0.2) is 29.1 Å². The molecule has 2 rings (SSSR count). The molecule has 1 N–H and O–H groups in total. The molecule has 0 heterocycles. The lowest BCUT2D eigenvalue weighted by atomic mass is 9.94. The van der Waals surface area contributed by atoms with Crippen LogP contribution >= 0.6 is 0 Å². The van der Waals surface area contributed by atoms with Crippen LogP contribution in [-0.2, 0) is 5.60 Å². The molecule has 1 aromatic rings. The van der Waals surface area contributed by atoms with Crippen LogP contribution < -0.4 is 0 Å². The molecule has 0 aliphatic heterocycles. The summed E-state index contributed by atoms with van der Waals surface area (Å²) in [6.07, 6.45) is 5.26. The molecule has 0 radical (unpaired) electrons. The highest BCUT2D eigenvalue weighted by Gasteiger charge is 2.31. The Labute approximate surface area is 123 Å². The van der Waals surface area contributed by atoms with Gasteiger partial charge in [0.2, 0.25) is 0 Å². The Hall–Kier alpha value is -0.860. The molecule has 1 fully saturated rings. The topological polar surface area (TPSA) is 23.5 Å². The second-order valence-electron chi connectivity index (χ2n) is 6.90. The van der Waals surface area contributed by atoms with Gasteiger partial charge < -0.3 is 5.11 Å². The molecule has 2 heteroatoms. The van der Waals surface area contributed by atoms with Crippen molar-refractivity contribution in [3.8, 4) is 0 Å². The van der Waals surface area contributed by atoms with Gasteiger partial charge in [-0.1, -0.05) is 57.0 Å². The number of rotatable bonds is 6. The van der Waals surface area contributed by atoms with E-state index in [1.54, 1.807) is 0 Å². The molecule has 1 atom stereocenters. The van der Waals surface area contributed by atoms with E-state index in [9.17, 15) is 5.11 Å². The maximum atomic E-state index is 10.9. The molecule has 1 aliphatic carbocycles. The van der Waals surface area contributed by atoms with E-state index < -0.39 is 5.60 Å². The average Bonchev–Trinajstić information content (AvgIpc) is 2.92. The molecule has 2 nitrogen and oxygen atoms in total. The highest BCUT2D eigenvalue weighted by molar-refractivity contribution is 5.21. The van der Waals surface area contributed by atoms with Crippen LogP contribution in [0.3, 0.4) is 0 Å². The third-order valence-corrected chi connectivity index (χ3v) is 4.35. The number of benzene rings is 1. The lowest BCUT2D eigenvalue weighted by Crippen LogP contribution is -2.45. The van der Waals surface area contributed by atoms with E-state index >= 15 is 0 Å². The summed E-state index contributed by atoms with van der Waals surface area (Å²) < 4.78 is 0. The first-order valence-corrected chi connectivity index (χ1v) is 8.01. The van der Waals surface area contributed by atoms with Gasteiger partial charge in [0.1, 0.15) is 0 Å². The second kappa shape index (κ2) is 6.73. The summed E-state index contributed by atoms with van der Waals surface area (Å²) in [5, 5.41) is 10.9. The molecule has 1 aromatic carbocycles. The number of hydrogen-bond donors (Lipinski definition) is 1. The van der Waals surface area contributed by atoms with Crippen molar-refractivity contribution in [1.29, 1.82) is 0 Å². The fourth-order valence-corrected chi connectivity index (χ4v) is 3.37. The minimum Gasteiger partial charge on any atom is -0.384 e. The first kappa shape index (κ1) is 15.5. The van der Waals surface area contributed by atoms with Crippen molar-refractivity contribution in [2.45, 2.75) is 58.1 Å². The SMILES string of the molecule is CC(C)CN(CC(C)(O)c1ccccc1)C1CCCC1. The predicted octanol–water partition coefficient (Wildman–Crippen LogP) is 3.79. The van der Waals surface area contributed by atoms with Crippen LogP contribution in [0.15, 0.2) is 30.3 Å². The molecule has 0 bridgehead atoms. The quantitative estimate of drug-likeness (QED) is 0.853. The van der Waals surface area contributed by atoms with E-state index in [2.05, 4.69) is 18.7 Å². The normalized spacial score (nSPS) is 19.7. The standard InChI is InChI=1S/C18H29NO/c1-15(2)13-19(17-11-7-8-12-17)14-18(3,20)16-9-5-4-6-10-16/h4-6,9-10,15,17,20H,7-8,11-14H2,1-3H3. The zero-order valence-corrected chi connectivity index (χ0v) is 13.2. The molecule has 0 spiro atoms. The predicted molar refractivity (Wildman–Crippen MR) is 84.7 cm³/mol. The zero-order valence-electron chi connectivity index (χ0n) is 13.2. The molecule has 0 saturated heterocycles. The minimum absolute atomic E-state index is 0.641. The van der Waals surface area contributed by atoms with Crippen LogP contribution in [0.25, 0.3) is 0 Å². The fraction of sp³-hybridized carbons (Fsp3) is 0.667. The van der Waals surface area contributed by atoms with E-state index in [-0.39, 0.29) is 0 Å². The summed E-state index contributed by atoms with van der Waals surface area (Å²) in [7, 11) is 0. The monoisotopic (exact) mass is 275 g/mol. The Bertz CT molecular complexity index is 393. The molecule has 0 amide bonds. The van der Waals surface area contributed by atoms with E-state index in [1.165, 1.54) is 25.7 Å². The summed E-state index contributed by atoms with van der Waals surface area (Å²) >= 11 is 0. The van der Waals surface area contributed by atoms with E-state index in [0.717, 1.165) is 18.7 Å². The summed E-state index contributed by atoms with van der Waals surface area (Å²) in [5.74, 6) is 0.641. The third-order valence-electron chi connectivity index (χ3n) is 4.35. The van der Waals surface area contributed by atoms with Gasteiger partial charge in [-0.2, -0.15) is 0 Å². The van der Waals surface area contributed by atoms with Gasteiger partial charge in [-0.05, 0) is 31.2 Å². The number of nitrogens with zero attached hydrogens (tertiary/aromatic N) is 1. The first-order chi connectivity index (χ1) is 9.49. The highest BCUT2D eigenvalue weighted by Crippen LogP contribution is 2.29. The van der Waals surface area contributed by atoms with Crippen LogP contribution in [0, 0.1) is 5.92 Å². The Morgan fingerprint density at radius 1 is 1.20 bits per heavy atom. The van der Waals surface area contributed by atoms with Gasteiger partial charge in [0.15, 0.2) is 0 Å². The molecule has 1 aliphatic rings. The van der Waals surface area contributed by atoms with Crippen molar-refractivity contribution in [1.82, 2.24) is 4.90 Å². The van der Waals surface area contributed by atoms with Crippen molar-refractivity contribution in [3.63, 3.8) is 0 Å². The number of aliphatic hydroxyl groups is 1.